The summed E-state index contributed by atoms with van der Waals surface area (Å²) < 4.78 is 20.2. The van der Waals surface area contributed by atoms with Gasteiger partial charge in [0.2, 0.25) is 0 Å². The van der Waals surface area contributed by atoms with E-state index < -0.39 is 0 Å². The number of ether oxygens (including phenoxy) is 1. The normalized spacial score (nSPS) is 10.6. The molecule has 0 fully saturated rings. The zero-order chi connectivity index (χ0) is 14.0. The summed E-state index contributed by atoms with van der Waals surface area (Å²) in [7, 11) is 0. The number of benzene rings is 2. The maximum absolute atomic E-state index is 13.5. The molecule has 0 aliphatic carbocycles. The van der Waals surface area contributed by atoms with Crippen LogP contribution in [-0.2, 0) is 6.61 Å². The molecule has 19 heavy (non-hydrogen) atoms. The molecule has 0 aliphatic heterocycles. The maximum Gasteiger partial charge on any atom is 0.129 e. The molecule has 2 aromatic rings. The molecule has 0 radical (unpaired) electrons. The average molecular weight is 344 g/mol. The Kier molecular flexibility index (Phi) is 4.48. The molecular weight excluding hydrogens is 331 g/mol. The highest BCUT2D eigenvalue weighted by atomic mass is 79.9. The fourth-order valence-electron chi connectivity index (χ4n) is 1.80. The number of aryl methyl sites for hydroxylation is 2. The Morgan fingerprint density at radius 3 is 2.42 bits per heavy atom. The molecule has 4 heteroatoms. The quantitative estimate of drug-likeness (QED) is 0.721. The van der Waals surface area contributed by atoms with E-state index >= 15 is 0 Å². The van der Waals surface area contributed by atoms with E-state index in [1.54, 1.807) is 6.07 Å². The van der Waals surface area contributed by atoms with Crippen molar-refractivity contribution < 1.29 is 9.13 Å². The number of halogens is 3. The lowest BCUT2D eigenvalue weighted by atomic mass is 10.1. The SMILES string of the molecule is Cc1cc(OCc2cc(Cl)ccc2F)cc(C)c1Br. The number of rotatable bonds is 3. The molecule has 100 valence electrons. The number of hydrogen-bond acceptors (Lipinski definition) is 1. The van der Waals surface area contributed by atoms with Gasteiger partial charge in [-0.05, 0) is 55.3 Å². The first kappa shape index (κ1) is 14.4. The lowest BCUT2D eigenvalue weighted by Crippen LogP contribution is -1.99. The Labute approximate surface area is 125 Å². The van der Waals surface area contributed by atoms with E-state index in [0.717, 1.165) is 21.3 Å². The van der Waals surface area contributed by atoms with Gasteiger partial charge in [-0.25, -0.2) is 4.39 Å². The van der Waals surface area contributed by atoms with E-state index in [-0.39, 0.29) is 12.4 Å². The summed E-state index contributed by atoms with van der Waals surface area (Å²) in [6.07, 6.45) is 0. The zero-order valence-corrected chi connectivity index (χ0v) is 13.0. The van der Waals surface area contributed by atoms with Crippen LogP contribution in [0, 0.1) is 19.7 Å². The van der Waals surface area contributed by atoms with E-state index in [1.807, 2.05) is 26.0 Å². The zero-order valence-electron chi connectivity index (χ0n) is 10.6. The lowest BCUT2D eigenvalue weighted by molar-refractivity contribution is 0.299. The summed E-state index contributed by atoms with van der Waals surface area (Å²) in [5, 5.41) is 0.503. The van der Waals surface area contributed by atoms with Crippen molar-refractivity contribution in [3.8, 4) is 5.75 Å². The Morgan fingerprint density at radius 1 is 1.16 bits per heavy atom. The van der Waals surface area contributed by atoms with Crippen LogP contribution < -0.4 is 4.74 Å². The van der Waals surface area contributed by atoms with Crippen LogP contribution in [0.15, 0.2) is 34.8 Å². The molecular formula is C15H13BrClFO. The molecule has 2 aromatic carbocycles. The van der Waals surface area contributed by atoms with Crippen molar-refractivity contribution in [3.63, 3.8) is 0 Å². The Hall–Kier alpha value is -1.06. The van der Waals surface area contributed by atoms with E-state index in [9.17, 15) is 4.39 Å². The van der Waals surface area contributed by atoms with Gasteiger partial charge >= 0.3 is 0 Å². The minimum atomic E-state index is -0.310. The molecule has 0 unspecified atom stereocenters. The summed E-state index contributed by atoms with van der Waals surface area (Å²) in [6.45, 7) is 4.14. The highest BCUT2D eigenvalue weighted by molar-refractivity contribution is 9.10. The van der Waals surface area contributed by atoms with Gasteiger partial charge in [-0.2, -0.15) is 0 Å². The molecule has 1 nitrogen and oxygen atoms in total. The topological polar surface area (TPSA) is 9.23 Å². The fraction of sp³-hybridized carbons (Fsp3) is 0.200. The molecule has 0 bridgehead atoms. The molecule has 0 saturated heterocycles. The van der Waals surface area contributed by atoms with E-state index in [4.69, 9.17) is 16.3 Å². The van der Waals surface area contributed by atoms with Crippen molar-refractivity contribution >= 4 is 27.5 Å². The first-order valence-electron chi connectivity index (χ1n) is 5.81. The third-order valence-electron chi connectivity index (χ3n) is 2.81. The van der Waals surface area contributed by atoms with E-state index in [1.165, 1.54) is 12.1 Å². The van der Waals surface area contributed by atoms with Gasteiger partial charge in [-0.3, -0.25) is 0 Å². The molecule has 0 spiro atoms. The maximum atomic E-state index is 13.5. The van der Waals surface area contributed by atoms with Gasteiger partial charge in [0, 0.05) is 15.1 Å². The van der Waals surface area contributed by atoms with Gasteiger partial charge in [0.05, 0.1) is 0 Å². The lowest BCUT2D eigenvalue weighted by Gasteiger charge is -2.11. The Bertz CT molecular complexity index is 590. The Morgan fingerprint density at radius 2 is 1.79 bits per heavy atom. The van der Waals surface area contributed by atoms with Crippen LogP contribution in [0.5, 0.6) is 5.75 Å². The standard InChI is InChI=1S/C15H13BrClFO/c1-9-5-13(6-10(2)15(9)16)19-8-11-7-12(17)3-4-14(11)18/h3-7H,8H2,1-2H3. The second kappa shape index (κ2) is 5.93. The summed E-state index contributed by atoms with van der Waals surface area (Å²) >= 11 is 9.34. The highest BCUT2D eigenvalue weighted by Crippen LogP contribution is 2.27. The predicted molar refractivity (Wildman–Crippen MR) is 79.4 cm³/mol. The summed E-state index contributed by atoms with van der Waals surface area (Å²) in [5.41, 5.74) is 2.62. The molecule has 0 amide bonds. The second-order valence-electron chi connectivity index (χ2n) is 4.40. The highest BCUT2D eigenvalue weighted by Gasteiger charge is 2.06. The third-order valence-corrected chi connectivity index (χ3v) is 4.30. The second-order valence-corrected chi connectivity index (χ2v) is 5.62. The van der Waals surface area contributed by atoms with Gasteiger partial charge < -0.3 is 4.74 Å². The van der Waals surface area contributed by atoms with Gasteiger partial charge in [-0.15, -0.1) is 0 Å². The van der Waals surface area contributed by atoms with Crippen LogP contribution in [-0.4, -0.2) is 0 Å². The average Bonchev–Trinajstić information content (AvgIpc) is 2.37. The van der Waals surface area contributed by atoms with Gasteiger partial charge in [0.15, 0.2) is 0 Å². The summed E-state index contributed by atoms with van der Waals surface area (Å²) in [6, 6.07) is 8.28. The predicted octanol–water partition coefficient (Wildman–Crippen LogP) is 5.44. The van der Waals surface area contributed by atoms with Crippen molar-refractivity contribution in [2.75, 3.05) is 0 Å². The molecule has 0 atom stereocenters. The molecule has 0 aliphatic rings. The monoisotopic (exact) mass is 342 g/mol. The third kappa shape index (κ3) is 3.48. The first-order valence-corrected chi connectivity index (χ1v) is 6.98. The van der Waals surface area contributed by atoms with Crippen LogP contribution in [0.25, 0.3) is 0 Å². The summed E-state index contributed by atoms with van der Waals surface area (Å²) in [5.74, 6) is 0.410. The van der Waals surface area contributed by atoms with Crippen molar-refractivity contribution in [1.82, 2.24) is 0 Å². The smallest absolute Gasteiger partial charge is 0.129 e. The molecule has 2 rings (SSSR count). The van der Waals surface area contributed by atoms with E-state index in [2.05, 4.69) is 15.9 Å². The van der Waals surface area contributed by atoms with Crippen molar-refractivity contribution in [3.05, 3.63) is 62.3 Å². The van der Waals surface area contributed by atoms with Gasteiger partial charge in [0.25, 0.3) is 0 Å². The fourth-order valence-corrected chi connectivity index (χ4v) is 2.23. The van der Waals surface area contributed by atoms with Crippen molar-refractivity contribution in [2.24, 2.45) is 0 Å². The van der Waals surface area contributed by atoms with Gasteiger partial charge in [0.1, 0.15) is 18.2 Å². The molecule has 0 heterocycles. The van der Waals surface area contributed by atoms with Gasteiger partial charge in [-0.1, -0.05) is 27.5 Å². The first-order chi connectivity index (χ1) is 8.97. The van der Waals surface area contributed by atoms with E-state index in [0.29, 0.717) is 10.6 Å². The van der Waals surface area contributed by atoms with Crippen LogP contribution in [0.2, 0.25) is 5.02 Å². The summed E-state index contributed by atoms with van der Waals surface area (Å²) in [4.78, 5) is 0. The molecule has 0 N–H and O–H groups in total. The van der Waals surface area contributed by atoms with Crippen LogP contribution >= 0.6 is 27.5 Å². The van der Waals surface area contributed by atoms with Crippen molar-refractivity contribution in [1.29, 1.82) is 0 Å². The van der Waals surface area contributed by atoms with Crippen LogP contribution in [0.4, 0.5) is 4.39 Å². The van der Waals surface area contributed by atoms with Crippen LogP contribution in [0.3, 0.4) is 0 Å². The minimum Gasteiger partial charge on any atom is -0.489 e. The minimum absolute atomic E-state index is 0.160. The Balaban J connectivity index is 2.17. The number of hydrogen-bond donors (Lipinski definition) is 0. The van der Waals surface area contributed by atoms with Crippen LogP contribution in [0.1, 0.15) is 16.7 Å². The largest absolute Gasteiger partial charge is 0.489 e. The molecule has 0 saturated carbocycles. The van der Waals surface area contributed by atoms with Crippen molar-refractivity contribution in [2.45, 2.75) is 20.5 Å². The molecule has 0 aromatic heterocycles.